The number of carbonyl (C=O) groups excluding carboxylic acids is 1. The first-order valence-corrected chi connectivity index (χ1v) is 5.48. The molecule has 0 fully saturated rings. The molecule has 0 heterocycles. The van der Waals surface area contributed by atoms with E-state index in [0.717, 1.165) is 12.0 Å². The van der Waals surface area contributed by atoms with E-state index in [9.17, 15) is 9.90 Å². The Labute approximate surface area is 95.0 Å². The van der Waals surface area contributed by atoms with E-state index in [2.05, 4.69) is 6.92 Å². The summed E-state index contributed by atoms with van der Waals surface area (Å²) in [5.41, 5.74) is 1.62. The van der Waals surface area contributed by atoms with Gasteiger partial charge in [0.15, 0.2) is 17.3 Å². The van der Waals surface area contributed by atoms with Gasteiger partial charge in [-0.15, -0.1) is 0 Å². The molecule has 1 aromatic rings. The number of benzene rings is 1. The summed E-state index contributed by atoms with van der Waals surface area (Å²) in [7, 11) is 1.51. The Hall–Kier alpha value is -1.51. The smallest absolute Gasteiger partial charge is 0.166 e. The maximum Gasteiger partial charge on any atom is 0.166 e. The molecule has 0 radical (unpaired) electrons. The van der Waals surface area contributed by atoms with Crippen molar-refractivity contribution in [2.24, 2.45) is 11.8 Å². The monoisotopic (exact) mass is 220 g/mol. The number of carbonyl (C=O) groups is 1. The Balaban J connectivity index is 2.53. The van der Waals surface area contributed by atoms with Crippen molar-refractivity contribution in [2.75, 3.05) is 7.11 Å². The summed E-state index contributed by atoms with van der Waals surface area (Å²) in [4.78, 5) is 12.0. The van der Waals surface area contributed by atoms with Crippen LogP contribution < -0.4 is 4.74 Å². The summed E-state index contributed by atoms with van der Waals surface area (Å²) >= 11 is 0. The van der Waals surface area contributed by atoms with Crippen LogP contribution in [0.2, 0.25) is 0 Å². The van der Waals surface area contributed by atoms with E-state index in [-0.39, 0.29) is 17.5 Å². The van der Waals surface area contributed by atoms with Crippen molar-refractivity contribution in [1.82, 2.24) is 0 Å². The number of rotatable bonds is 1. The molecule has 3 nitrogen and oxygen atoms in total. The number of hydrogen-bond acceptors (Lipinski definition) is 3. The SMILES string of the molecule is COc1cc2c(cc1O)C(=O)[C@H](C)[C@@H](C)C2. The van der Waals surface area contributed by atoms with Gasteiger partial charge in [-0.1, -0.05) is 13.8 Å². The summed E-state index contributed by atoms with van der Waals surface area (Å²) in [6, 6.07) is 3.30. The van der Waals surface area contributed by atoms with Crippen molar-refractivity contribution in [1.29, 1.82) is 0 Å². The van der Waals surface area contributed by atoms with Crippen molar-refractivity contribution in [3.05, 3.63) is 23.3 Å². The van der Waals surface area contributed by atoms with Gasteiger partial charge in [-0.05, 0) is 30.0 Å². The highest BCUT2D eigenvalue weighted by Gasteiger charge is 2.30. The normalized spacial score (nSPS) is 24.1. The molecule has 0 aromatic heterocycles. The van der Waals surface area contributed by atoms with E-state index in [0.29, 0.717) is 17.2 Å². The topological polar surface area (TPSA) is 46.5 Å². The van der Waals surface area contributed by atoms with E-state index in [1.54, 1.807) is 6.07 Å². The second-order valence-electron chi connectivity index (χ2n) is 4.52. The minimum absolute atomic E-state index is 0.0281. The lowest BCUT2D eigenvalue weighted by molar-refractivity contribution is 0.0876. The average Bonchev–Trinajstić information content (AvgIpc) is 2.27. The van der Waals surface area contributed by atoms with Gasteiger partial charge in [-0.2, -0.15) is 0 Å². The van der Waals surface area contributed by atoms with E-state index in [1.807, 2.05) is 6.92 Å². The van der Waals surface area contributed by atoms with Crippen LogP contribution in [0.4, 0.5) is 0 Å². The van der Waals surface area contributed by atoms with Gasteiger partial charge in [-0.25, -0.2) is 0 Å². The summed E-state index contributed by atoms with van der Waals surface area (Å²) in [5.74, 6) is 0.964. The minimum atomic E-state index is 0.0281. The molecule has 0 bridgehead atoms. The number of ketones is 1. The van der Waals surface area contributed by atoms with E-state index >= 15 is 0 Å². The molecule has 0 saturated heterocycles. The zero-order chi connectivity index (χ0) is 11.9. The zero-order valence-corrected chi connectivity index (χ0v) is 9.78. The van der Waals surface area contributed by atoms with Crippen molar-refractivity contribution in [2.45, 2.75) is 20.3 Å². The van der Waals surface area contributed by atoms with Crippen molar-refractivity contribution < 1.29 is 14.6 Å². The van der Waals surface area contributed by atoms with Gasteiger partial charge in [0.2, 0.25) is 0 Å². The minimum Gasteiger partial charge on any atom is -0.504 e. The molecule has 0 amide bonds. The summed E-state index contributed by atoms with van der Waals surface area (Å²) in [5, 5.41) is 9.66. The Morgan fingerprint density at radius 2 is 2.06 bits per heavy atom. The number of Topliss-reactive ketones (excluding diaryl/α,β-unsaturated/α-hetero) is 1. The fourth-order valence-corrected chi connectivity index (χ4v) is 2.20. The van der Waals surface area contributed by atoms with Crippen molar-refractivity contribution in [3.8, 4) is 11.5 Å². The van der Waals surface area contributed by atoms with Gasteiger partial charge < -0.3 is 9.84 Å². The molecule has 0 aliphatic heterocycles. The summed E-state index contributed by atoms with van der Waals surface area (Å²) in [6.45, 7) is 4.02. The lowest BCUT2D eigenvalue weighted by atomic mass is 9.77. The van der Waals surface area contributed by atoms with Crippen LogP contribution in [0.3, 0.4) is 0 Å². The van der Waals surface area contributed by atoms with Crippen LogP contribution >= 0.6 is 0 Å². The standard InChI is InChI=1S/C13H16O3/c1-7-4-9-5-12(16-3)11(14)6-10(9)13(15)8(7)2/h5-8,14H,4H2,1-3H3/t7-,8+/m0/s1. The maximum absolute atomic E-state index is 12.0. The van der Waals surface area contributed by atoms with E-state index in [1.165, 1.54) is 13.2 Å². The molecule has 0 saturated carbocycles. The van der Waals surface area contributed by atoms with Crippen LogP contribution in [0, 0.1) is 11.8 Å². The number of fused-ring (bicyclic) bond motifs is 1. The third kappa shape index (κ3) is 1.56. The fraction of sp³-hybridized carbons (Fsp3) is 0.462. The zero-order valence-electron chi connectivity index (χ0n) is 9.78. The average molecular weight is 220 g/mol. The van der Waals surface area contributed by atoms with Gasteiger partial charge >= 0.3 is 0 Å². The first-order chi connectivity index (χ1) is 7.54. The highest BCUT2D eigenvalue weighted by Crippen LogP contribution is 2.36. The molecule has 3 heteroatoms. The molecular weight excluding hydrogens is 204 g/mol. The van der Waals surface area contributed by atoms with Crippen LogP contribution in [-0.2, 0) is 6.42 Å². The van der Waals surface area contributed by atoms with Crippen molar-refractivity contribution >= 4 is 5.78 Å². The van der Waals surface area contributed by atoms with Crippen molar-refractivity contribution in [3.63, 3.8) is 0 Å². The highest BCUT2D eigenvalue weighted by molar-refractivity contribution is 6.00. The Bertz CT molecular complexity index is 437. The molecule has 2 atom stereocenters. The van der Waals surface area contributed by atoms with Gasteiger partial charge in [0.1, 0.15) is 0 Å². The highest BCUT2D eigenvalue weighted by atomic mass is 16.5. The third-order valence-electron chi connectivity index (χ3n) is 3.48. The van der Waals surface area contributed by atoms with Gasteiger partial charge in [-0.3, -0.25) is 4.79 Å². The molecule has 2 rings (SSSR count). The van der Waals surface area contributed by atoms with E-state index in [4.69, 9.17) is 4.74 Å². The van der Waals surface area contributed by atoms with Crippen LogP contribution in [0.25, 0.3) is 0 Å². The number of phenols is 1. The predicted octanol–water partition coefficient (Wildman–Crippen LogP) is 2.41. The molecule has 1 aliphatic rings. The Morgan fingerprint density at radius 3 is 2.69 bits per heavy atom. The Morgan fingerprint density at radius 1 is 1.38 bits per heavy atom. The fourth-order valence-electron chi connectivity index (χ4n) is 2.20. The molecule has 1 aliphatic carbocycles. The molecule has 1 N–H and O–H groups in total. The molecule has 0 unspecified atom stereocenters. The maximum atomic E-state index is 12.0. The van der Waals surface area contributed by atoms with Gasteiger partial charge in [0.25, 0.3) is 0 Å². The first kappa shape index (κ1) is 11.0. The molecule has 0 spiro atoms. The Kier molecular flexibility index (Phi) is 2.62. The van der Waals surface area contributed by atoms with Crippen LogP contribution in [-0.4, -0.2) is 18.0 Å². The number of methoxy groups -OCH3 is 1. The van der Waals surface area contributed by atoms with Crippen LogP contribution in [0.5, 0.6) is 11.5 Å². The molecule has 86 valence electrons. The van der Waals surface area contributed by atoms with Crippen LogP contribution in [0.15, 0.2) is 12.1 Å². The lowest BCUT2D eigenvalue weighted by Crippen LogP contribution is -2.27. The second kappa shape index (κ2) is 3.81. The van der Waals surface area contributed by atoms with Gasteiger partial charge in [0.05, 0.1) is 7.11 Å². The van der Waals surface area contributed by atoms with Crippen LogP contribution in [0.1, 0.15) is 29.8 Å². The van der Waals surface area contributed by atoms with E-state index < -0.39 is 0 Å². The number of aromatic hydroxyl groups is 1. The lowest BCUT2D eigenvalue weighted by Gasteiger charge is -2.27. The molecular formula is C13H16O3. The second-order valence-corrected chi connectivity index (χ2v) is 4.52. The first-order valence-electron chi connectivity index (χ1n) is 5.48. The largest absolute Gasteiger partial charge is 0.504 e. The molecule has 16 heavy (non-hydrogen) atoms. The number of hydrogen-bond donors (Lipinski definition) is 1. The third-order valence-corrected chi connectivity index (χ3v) is 3.48. The van der Waals surface area contributed by atoms with Gasteiger partial charge in [0, 0.05) is 11.5 Å². The molecule has 1 aromatic carbocycles. The quantitative estimate of drug-likeness (QED) is 0.790. The number of ether oxygens (including phenoxy) is 1. The predicted molar refractivity (Wildman–Crippen MR) is 61.0 cm³/mol. The number of phenolic OH excluding ortho intramolecular Hbond substituents is 1. The summed E-state index contributed by atoms with van der Waals surface area (Å²) < 4.78 is 5.05. The summed E-state index contributed by atoms with van der Waals surface area (Å²) in [6.07, 6.45) is 0.860.